The van der Waals surface area contributed by atoms with Gasteiger partial charge in [0.05, 0.1) is 6.42 Å². The van der Waals surface area contributed by atoms with E-state index in [1.165, 1.54) is 0 Å². The van der Waals surface area contributed by atoms with E-state index in [4.69, 9.17) is 11.6 Å². The third-order valence-corrected chi connectivity index (χ3v) is 4.74. The number of amides is 2. The van der Waals surface area contributed by atoms with Crippen LogP contribution in [0.5, 0.6) is 0 Å². The maximum atomic E-state index is 12.5. The Morgan fingerprint density at radius 2 is 1.58 bits per heavy atom. The van der Waals surface area contributed by atoms with Crippen molar-refractivity contribution in [2.24, 2.45) is 0 Å². The lowest BCUT2D eigenvalue weighted by Crippen LogP contribution is -2.47. The molecule has 1 fully saturated rings. The monoisotopic (exact) mass is 371 g/mol. The van der Waals surface area contributed by atoms with E-state index in [0.29, 0.717) is 16.3 Å². The summed E-state index contributed by atoms with van der Waals surface area (Å²) in [5.74, 6) is -0.0670. The molecule has 0 aliphatic carbocycles. The van der Waals surface area contributed by atoms with Gasteiger partial charge in [-0.3, -0.25) is 9.59 Å². The summed E-state index contributed by atoms with van der Waals surface area (Å²) < 4.78 is 0. The van der Waals surface area contributed by atoms with Gasteiger partial charge in [-0.15, -0.1) is 0 Å². The molecular weight excluding hydrogens is 350 g/mol. The van der Waals surface area contributed by atoms with Crippen LogP contribution in [0.1, 0.15) is 15.9 Å². The lowest BCUT2D eigenvalue weighted by atomic mass is 10.1. The molecule has 0 aromatic heterocycles. The first-order valence-corrected chi connectivity index (χ1v) is 9.01. The van der Waals surface area contributed by atoms with Crippen LogP contribution in [0.4, 0.5) is 5.69 Å². The molecule has 3 rings (SSSR count). The second kappa shape index (κ2) is 8.34. The normalized spacial score (nSPS) is 14.9. The van der Waals surface area contributed by atoms with Crippen LogP contribution < -0.4 is 5.32 Å². The highest BCUT2D eigenvalue weighted by atomic mass is 35.5. The number of rotatable bonds is 4. The zero-order valence-corrected chi connectivity index (χ0v) is 15.5. The third kappa shape index (κ3) is 4.84. The quantitative estimate of drug-likeness (QED) is 0.899. The van der Waals surface area contributed by atoms with Gasteiger partial charge in [-0.05, 0) is 49.0 Å². The van der Waals surface area contributed by atoms with E-state index < -0.39 is 0 Å². The van der Waals surface area contributed by atoms with Crippen molar-refractivity contribution in [1.82, 2.24) is 9.80 Å². The van der Waals surface area contributed by atoms with E-state index in [2.05, 4.69) is 17.3 Å². The summed E-state index contributed by atoms with van der Waals surface area (Å²) >= 11 is 5.85. The second-order valence-corrected chi connectivity index (χ2v) is 6.96. The van der Waals surface area contributed by atoms with Crippen molar-refractivity contribution in [1.29, 1.82) is 0 Å². The van der Waals surface area contributed by atoms with Crippen molar-refractivity contribution in [3.8, 4) is 0 Å². The van der Waals surface area contributed by atoms with Gasteiger partial charge in [0.15, 0.2) is 0 Å². The van der Waals surface area contributed by atoms with Crippen molar-refractivity contribution in [2.45, 2.75) is 6.42 Å². The number of anilines is 1. The number of carbonyl (C=O) groups excluding carboxylic acids is 2. The molecule has 0 saturated carbocycles. The SMILES string of the molecule is CN1CCN(C(=O)c2ccc(NC(=O)Cc3ccc(Cl)cc3)cc2)CC1. The number of hydrogen-bond acceptors (Lipinski definition) is 3. The first-order valence-electron chi connectivity index (χ1n) is 8.63. The highest BCUT2D eigenvalue weighted by Crippen LogP contribution is 2.14. The first kappa shape index (κ1) is 18.4. The average Bonchev–Trinajstić information content (AvgIpc) is 2.64. The van der Waals surface area contributed by atoms with Crippen LogP contribution in [-0.4, -0.2) is 54.8 Å². The van der Waals surface area contributed by atoms with Crippen LogP contribution in [0.15, 0.2) is 48.5 Å². The standard InChI is InChI=1S/C20H22ClN3O2/c1-23-10-12-24(13-11-23)20(26)16-4-8-18(9-5-16)22-19(25)14-15-2-6-17(21)7-3-15/h2-9H,10-14H2,1H3,(H,22,25). The summed E-state index contributed by atoms with van der Waals surface area (Å²) in [5, 5.41) is 3.50. The molecule has 2 aromatic rings. The van der Waals surface area contributed by atoms with Gasteiger partial charge >= 0.3 is 0 Å². The topological polar surface area (TPSA) is 52.6 Å². The third-order valence-electron chi connectivity index (χ3n) is 4.48. The predicted octanol–water partition coefficient (Wildman–Crippen LogP) is 2.91. The second-order valence-electron chi connectivity index (χ2n) is 6.52. The van der Waals surface area contributed by atoms with Gasteiger partial charge in [0.1, 0.15) is 0 Å². The molecule has 0 unspecified atom stereocenters. The Morgan fingerprint density at radius 1 is 0.962 bits per heavy atom. The minimum Gasteiger partial charge on any atom is -0.336 e. The number of benzene rings is 2. The molecule has 1 N–H and O–H groups in total. The van der Waals surface area contributed by atoms with Crippen molar-refractivity contribution in [3.05, 3.63) is 64.7 Å². The molecule has 1 aliphatic heterocycles. The molecule has 0 spiro atoms. The molecule has 26 heavy (non-hydrogen) atoms. The summed E-state index contributed by atoms with van der Waals surface area (Å²) in [6.45, 7) is 3.28. The van der Waals surface area contributed by atoms with Gasteiger partial charge in [-0.2, -0.15) is 0 Å². The van der Waals surface area contributed by atoms with Crippen LogP contribution in [-0.2, 0) is 11.2 Å². The summed E-state index contributed by atoms with van der Waals surface area (Å²) in [5.41, 5.74) is 2.22. The molecular formula is C20H22ClN3O2. The highest BCUT2D eigenvalue weighted by Gasteiger charge is 2.20. The van der Waals surface area contributed by atoms with E-state index in [-0.39, 0.29) is 18.2 Å². The molecule has 6 heteroatoms. The maximum Gasteiger partial charge on any atom is 0.253 e. The van der Waals surface area contributed by atoms with Crippen molar-refractivity contribution in [2.75, 3.05) is 38.5 Å². The van der Waals surface area contributed by atoms with E-state index >= 15 is 0 Å². The molecule has 0 bridgehead atoms. The number of hydrogen-bond donors (Lipinski definition) is 1. The fourth-order valence-electron chi connectivity index (χ4n) is 2.88. The van der Waals surface area contributed by atoms with Crippen molar-refractivity contribution < 1.29 is 9.59 Å². The number of likely N-dealkylation sites (N-methyl/N-ethyl adjacent to an activating group) is 1. The largest absolute Gasteiger partial charge is 0.336 e. The Morgan fingerprint density at radius 3 is 2.19 bits per heavy atom. The zero-order valence-electron chi connectivity index (χ0n) is 14.7. The summed E-state index contributed by atoms with van der Waals surface area (Å²) in [6.07, 6.45) is 0.277. The summed E-state index contributed by atoms with van der Waals surface area (Å²) in [7, 11) is 2.06. The van der Waals surface area contributed by atoms with Crippen molar-refractivity contribution >= 4 is 29.1 Å². The van der Waals surface area contributed by atoms with Gasteiger partial charge in [-0.1, -0.05) is 23.7 Å². The molecule has 136 valence electrons. The number of halogens is 1. The van der Waals surface area contributed by atoms with E-state index in [0.717, 1.165) is 31.7 Å². The maximum absolute atomic E-state index is 12.5. The Balaban J connectivity index is 1.56. The van der Waals surface area contributed by atoms with Gasteiger partial charge in [0, 0.05) is 42.5 Å². The summed E-state index contributed by atoms with van der Waals surface area (Å²) in [6, 6.07) is 14.3. The Labute approximate surface area is 158 Å². The van der Waals surface area contributed by atoms with Gasteiger partial charge in [0.2, 0.25) is 5.91 Å². The Hall–Kier alpha value is -2.37. The molecule has 0 atom stereocenters. The smallest absolute Gasteiger partial charge is 0.253 e. The molecule has 1 saturated heterocycles. The number of piperazine rings is 1. The highest BCUT2D eigenvalue weighted by molar-refractivity contribution is 6.30. The van der Waals surface area contributed by atoms with E-state index in [9.17, 15) is 9.59 Å². The van der Waals surface area contributed by atoms with Crippen LogP contribution in [0.2, 0.25) is 5.02 Å². The number of carbonyl (C=O) groups is 2. The van der Waals surface area contributed by atoms with E-state index in [1.807, 2.05) is 17.0 Å². The lowest BCUT2D eigenvalue weighted by molar-refractivity contribution is -0.115. The minimum absolute atomic E-state index is 0.0390. The van der Waals surface area contributed by atoms with E-state index in [1.54, 1.807) is 36.4 Å². The zero-order chi connectivity index (χ0) is 18.5. The molecule has 1 heterocycles. The average molecular weight is 372 g/mol. The van der Waals surface area contributed by atoms with Crippen molar-refractivity contribution in [3.63, 3.8) is 0 Å². The van der Waals surface area contributed by atoms with Crippen LogP contribution >= 0.6 is 11.6 Å². The number of nitrogens with one attached hydrogen (secondary N) is 1. The molecule has 0 radical (unpaired) electrons. The van der Waals surface area contributed by atoms with Gasteiger partial charge in [-0.25, -0.2) is 0 Å². The lowest BCUT2D eigenvalue weighted by Gasteiger charge is -2.32. The predicted molar refractivity (Wildman–Crippen MR) is 104 cm³/mol. The van der Waals surface area contributed by atoms with Gasteiger partial charge < -0.3 is 15.1 Å². The van der Waals surface area contributed by atoms with Crippen LogP contribution in [0, 0.1) is 0 Å². The van der Waals surface area contributed by atoms with Crippen LogP contribution in [0.25, 0.3) is 0 Å². The summed E-state index contributed by atoms with van der Waals surface area (Å²) in [4.78, 5) is 28.7. The Kier molecular flexibility index (Phi) is 5.91. The number of nitrogens with zero attached hydrogens (tertiary/aromatic N) is 2. The van der Waals surface area contributed by atoms with Crippen LogP contribution in [0.3, 0.4) is 0 Å². The van der Waals surface area contributed by atoms with Gasteiger partial charge in [0.25, 0.3) is 5.91 Å². The molecule has 2 aromatic carbocycles. The molecule has 5 nitrogen and oxygen atoms in total. The molecule has 1 aliphatic rings. The fraction of sp³-hybridized carbons (Fsp3) is 0.300. The fourth-order valence-corrected chi connectivity index (χ4v) is 3.01. The minimum atomic E-state index is -0.106. The first-order chi connectivity index (χ1) is 12.5. The molecule has 2 amide bonds. The Bertz CT molecular complexity index is 767.